The Hall–Kier alpha value is -0.630. The van der Waals surface area contributed by atoms with Gasteiger partial charge in [-0.05, 0) is 25.0 Å². The first kappa shape index (κ1) is 17.7. The van der Waals surface area contributed by atoms with Crippen molar-refractivity contribution in [2.75, 3.05) is 18.8 Å². The van der Waals surface area contributed by atoms with E-state index >= 15 is 0 Å². The number of carbonyl (C=O) groups excluding carboxylic acids is 1. The Balaban J connectivity index is 1.79. The fraction of sp³-hybridized carbons (Fsp3) is 0.929. The number of likely N-dealkylation sites (tertiary alicyclic amines) is 1. The molecule has 1 aliphatic heterocycles. The van der Waals surface area contributed by atoms with Crippen LogP contribution in [0.2, 0.25) is 0 Å². The van der Waals surface area contributed by atoms with E-state index in [4.69, 9.17) is 0 Å². The Morgan fingerprint density at radius 3 is 2.55 bits per heavy atom. The van der Waals surface area contributed by atoms with Gasteiger partial charge in [0.15, 0.2) is 5.60 Å². The van der Waals surface area contributed by atoms with E-state index in [2.05, 4.69) is 12.2 Å². The predicted molar refractivity (Wildman–Crippen MR) is 79.9 cm³/mol. The van der Waals surface area contributed by atoms with Crippen LogP contribution >= 0.6 is 11.8 Å². The summed E-state index contributed by atoms with van der Waals surface area (Å²) in [6.07, 6.45) is -2.64. The van der Waals surface area contributed by atoms with Crippen molar-refractivity contribution in [2.24, 2.45) is 0 Å². The van der Waals surface area contributed by atoms with Crippen molar-refractivity contribution < 1.29 is 23.1 Å². The number of nitrogens with zero attached hydrogens (tertiary/aromatic N) is 1. The van der Waals surface area contributed by atoms with Crippen LogP contribution in [-0.2, 0) is 0 Å². The molecule has 8 heteroatoms. The Labute approximate surface area is 132 Å². The van der Waals surface area contributed by atoms with Gasteiger partial charge in [-0.1, -0.05) is 6.92 Å². The minimum absolute atomic E-state index is 0.0678. The summed E-state index contributed by atoms with van der Waals surface area (Å²) >= 11 is 1.88. The maximum Gasteiger partial charge on any atom is 0.417 e. The topological polar surface area (TPSA) is 52.6 Å². The van der Waals surface area contributed by atoms with Gasteiger partial charge in [0.2, 0.25) is 0 Å². The number of urea groups is 1. The zero-order chi connectivity index (χ0) is 16.4. The summed E-state index contributed by atoms with van der Waals surface area (Å²) in [7, 11) is 0. The number of nitrogens with one attached hydrogen (secondary N) is 1. The van der Waals surface area contributed by atoms with Gasteiger partial charge in [0.05, 0.1) is 0 Å². The van der Waals surface area contributed by atoms with Gasteiger partial charge in [0.25, 0.3) is 0 Å². The lowest BCUT2D eigenvalue weighted by molar-refractivity contribution is -0.271. The third-order valence-corrected chi connectivity index (χ3v) is 5.75. The maximum atomic E-state index is 12.7. The molecule has 2 amide bonds. The molecule has 2 N–H and O–H groups in total. The Morgan fingerprint density at radius 1 is 1.36 bits per heavy atom. The smallest absolute Gasteiger partial charge is 0.380 e. The minimum atomic E-state index is -4.63. The lowest BCUT2D eigenvalue weighted by Gasteiger charge is -2.39. The van der Waals surface area contributed by atoms with Gasteiger partial charge >= 0.3 is 12.2 Å². The number of rotatable bonds is 3. The van der Waals surface area contributed by atoms with Crippen molar-refractivity contribution in [3.8, 4) is 0 Å². The number of piperidine rings is 1. The standard InChI is InChI=1S/C14H23F3N2O2S/c1-2-22-11-4-3-10(9-11)18-12(20)19-7-5-13(21,6-8-19)14(15,16)17/h10-11,21H,2-9H2,1H3,(H,18,20)/t10-,11+/m1/s1. The molecule has 2 atom stereocenters. The van der Waals surface area contributed by atoms with Crippen LogP contribution in [0.5, 0.6) is 0 Å². The van der Waals surface area contributed by atoms with Crippen molar-refractivity contribution >= 4 is 17.8 Å². The summed E-state index contributed by atoms with van der Waals surface area (Å²) < 4.78 is 38.2. The Kier molecular flexibility index (Phi) is 5.53. The molecule has 4 nitrogen and oxygen atoms in total. The summed E-state index contributed by atoms with van der Waals surface area (Å²) in [5, 5.41) is 13.1. The van der Waals surface area contributed by atoms with Gasteiger partial charge < -0.3 is 15.3 Å². The molecule has 2 aliphatic rings. The van der Waals surface area contributed by atoms with E-state index in [1.165, 1.54) is 4.90 Å². The number of halogens is 3. The van der Waals surface area contributed by atoms with Crippen LogP contribution in [0.15, 0.2) is 0 Å². The van der Waals surface area contributed by atoms with Gasteiger partial charge in [-0.2, -0.15) is 24.9 Å². The van der Waals surface area contributed by atoms with Gasteiger partial charge in [0.1, 0.15) is 0 Å². The number of thioether (sulfide) groups is 1. The average molecular weight is 340 g/mol. The molecule has 0 aromatic heterocycles. The highest BCUT2D eigenvalue weighted by molar-refractivity contribution is 7.99. The number of carbonyl (C=O) groups is 1. The van der Waals surface area contributed by atoms with E-state index < -0.39 is 24.6 Å². The fourth-order valence-corrected chi connectivity index (χ4v) is 4.23. The number of hydrogen-bond donors (Lipinski definition) is 2. The third kappa shape index (κ3) is 4.01. The molecule has 128 valence electrons. The highest BCUT2D eigenvalue weighted by Crippen LogP contribution is 2.38. The largest absolute Gasteiger partial charge is 0.417 e. The number of amides is 2. The van der Waals surface area contributed by atoms with E-state index in [0.717, 1.165) is 25.0 Å². The van der Waals surface area contributed by atoms with E-state index in [1.54, 1.807) is 0 Å². The summed E-state index contributed by atoms with van der Waals surface area (Å²) in [5.74, 6) is 1.05. The third-order valence-electron chi connectivity index (χ3n) is 4.52. The van der Waals surface area contributed by atoms with Crippen LogP contribution in [0.1, 0.15) is 39.0 Å². The van der Waals surface area contributed by atoms with Crippen LogP contribution in [0.3, 0.4) is 0 Å². The molecule has 0 aromatic carbocycles. The van der Waals surface area contributed by atoms with Crippen LogP contribution in [-0.4, -0.2) is 57.9 Å². The first-order valence-corrected chi connectivity index (χ1v) is 8.76. The molecule has 1 saturated carbocycles. The van der Waals surface area contributed by atoms with Crippen LogP contribution < -0.4 is 5.32 Å². The van der Waals surface area contributed by atoms with Crippen LogP contribution in [0, 0.1) is 0 Å². The lowest BCUT2D eigenvalue weighted by atomic mass is 9.91. The van der Waals surface area contributed by atoms with Gasteiger partial charge in [0, 0.05) is 37.2 Å². The van der Waals surface area contributed by atoms with Gasteiger partial charge in [-0.15, -0.1) is 0 Å². The molecular formula is C14H23F3N2O2S. The van der Waals surface area contributed by atoms with Crippen molar-refractivity contribution in [1.82, 2.24) is 10.2 Å². The molecule has 0 radical (unpaired) electrons. The molecule has 0 aromatic rings. The average Bonchev–Trinajstić information content (AvgIpc) is 2.86. The van der Waals surface area contributed by atoms with Gasteiger partial charge in [-0.3, -0.25) is 0 Å². The van der Waals surface area contributed by atoms with Crippen LogP contribution in [0.25, 0.3) is 0 Å². The fourth-order valence-electron chi connectivity index (χ4n) is 3.09. The molecule has 1 aliphatic carbocycles. The predicted octanol–water partition coefficient (Wildman–Crippen LogP) is 2.76. The number of alkyl halides is 3. The SMILES string of the molecule is CCS[C@H]1CC[C@@H](NC(=O)N2CCC(O)(C(F)(F)F)CC2)C1. The van der Waals surface area contributed by atoms with E-state index in [1.807, 2.05) is 11.8 Å². The van der Waals surface area contributed by atoms with Gasteiger partial charge in [-0.25, -0.2) is 4.79 Å². The van der Waals surface area contributed by atoms with E-state index in [-0.39, 0.29) is 25.2 Å². The molecule has 2 fully saturated rings. The highest BCUT2D eigenvalue weighted by Gasteiger charge is 2.55. The zero-order valence-corrected chi connectivity index (χ0v) is 13.5. The van der Waals surface area contributed by atoms with Crippen LogP contribution in [0.4, 0.5) is 18.0 Å². The van der Waals surface area contributed by atoms with Crippen molar-refractivity contribution in [3.63, 3.8) is 0 Å². The first-order chi connectivity index (χ1) is 10.2. The molecule has 0 spiro atoms. The van der Waals surface area contributed by atoms with E-state index in [0.29, 0.717) is 5.25 Å². The normalized spacial score (nSPS) is 28.7. The first-order valence-electron chi connectivity index (χ1n) is 7.71. The summed E-state index contributed by atoms with van der Waals surface area (Å²) in [5.41, 5.74) is -2.65. The van der Waals surface area contributed by atoms with Crippen molar-refractivity contribution in [1.29, 1.82) is 0 Å². The second-order valence-electron chi connectivity index (χ2n) is 6.05. The summed E-state index contributed by atoms with van der Waals surface area (Å²) in [6, 6.07) is -0.198. The molecule has 0 bridgehead atoms. The maximum absolute atomic E-state index is 12.7. The molecular weight excluding hydrogens is 317 g/mol. The molecule has 1 heterocycles. The Bertz CT molecular complexity index is 398. The summed E-state index contributed by atoms with van der Waals surface area (Å²) in [6.45, 7) is 1.97. The highest BCUT2D eigenvalue weighted by atomic mass is 32.2. The quantitative estimate of drug-likeness (QED) is 0.831. The molecule has 2 rings (SSSR count). The monoisotopic (exact) mass is 340 g/mol. The van der Waals surface area contributed by atoms with Crippen molar-refractivity contribution in [2.45, 2.75) is 62.1 Å². The molecule has 0 unspecified atom stereocenters. The minimum Gasteiger partial charge on any atom is -0.380 e. The number of hydrogen-bond acceptors (Lipinski definition) is 3. The summed E-state index contributed by atoms with van der Waals surface area (Å²) in [4.78, 5) is 13.5. The lowest BCUT2D eigenvalue weighted by Crippen LogP contribution is -2.56. The van der Waals surface area contributed by atoms with Crippen molar-refractivity contribution in [3.05, 3.63) is 0 Å². The Morgan fingerprint density at radius 2 is 2.00 bits per heavy atom. The molecule has 22 heavy (non-hydrogen) atoms. The second-order valence-corrected chi connectivity index (χ2v) is 7.63. The van der Waals surface area contributed by atoms with E-state index in [9.17, 15) is 23.1 Å². The zero-order valence-electron chi connectivity index (χ0n) is 12.7. The number of aliphatic hydroxyl groups is 1. The molecule has 1 saturated heterocycles. The second kappa shape index (κ2) is 6.86.